The summed E-state index contributed by atoms with van der Waals surface area (Å²) >= 11 is 0. The van der Waals surface area contributed by atoms with Crippen LogP contribution in [-0.2, 0) is 22.3 Å². The van der Waals surface area contributed by atoms with Crippen LogP contribution in [0.15, 0.2) is 42.7 Å². The van der Waals surface area contributed by atoms with E-state index in [0.717, 1.165) is 31.5 Å². The van der Waals surface area contributed by atoms with Gasteiger partial charge < -0.3 is 10.6 Å². The van der Waals surface area contributed by atoms with E-state index >= 15 is 0 Å². The Balaban J connectivity index is 0.00000243. The van der Waals surface area contributed by atoms with E-state index in [9.17, 15) is 4.79 Å². The lowest BCUT2D eigenvalue weighted by atomic mass is 9.86. The van der Waals surface area contributed by atoms with Crippen molar-refractivity contribution in [3.8, 4) is 0 Å². The molecule has 6 heteroatoms. The average Bonchev–Trinajstić information content (AvgIpc) is 3.15. The molecule has 2 aromatic rings. The van der Waals surface area contributed by atoms with Crippen molar-refractivity contribution < 1.29 is 4.79 Å². The molecule has 0 bridgehead atoms. The summed E-state index contributed by atoms with van der Waals surface area (Å²) in [5.74, 6) is 0.0533. The first kappa shape index (κ1) is 20.5. The molecule has 0 atom stereocenters. The number of carbonyl (C=O) groups is 1. The summed E-state index contributed by atoms with van der Waals surface area (Å²) < 4.78 is 1.83. The van der Waals surface area contributed by atoms with E-state index in [2.05, 4.69) is 60.8 Å². The minimum atomic E-state index is -0.583. The molecular weight excluding hydrogens is 348 g/mol. The van der Waals surface area contributed by atoms with Crippen LogP contribution in [0.4, 0.5) is 0 Å². The topological polar surface area (TPSA) is 59.0 Å². The highest BCUT2D eigenvalue weighted by atomic mass is 35.5. The Labute approximate surface area is 162 Å². The molecule has 0 saturated carbocycles. The molecule has 1 aromatic heterocycles. The van der Waals surface area contributed by atoms with Crippen molar-refractivity contribution in [2.45, 2.75) is 51.1 Å². The van der Waals surface area contributed by atoms with Crippen molar-refractivity contribution in [1.29, 1.82) is 0 Å². The SMILES string of the molecule is CC(C)(C)c1ccc(CNC(=O)C2(n3cccn3)CCNCC2)cc1.Cl. The number of nitrogens with zero attached hydrogens (tertiary/aromatic N) is 2. The maximum absolute atomic E-state index is 13.0. The number of amides is 1. The maximum atomic E-state index is 13.0. The van der Waals surface area contributed by atoms with E-state index < -0.39 is 5.54 Å². The van der Waals surface area contributed by atoms with Crippen molar-refractivity contribution in [2.75, 3.05) is 13.1 Å². The summed E-state index contributed by atoms with van der Waals surface area (Å²) in [5, 5.41) is 10.8. The van der Waals surface area contributed by atoms with Crippen molar-refractivity contribution >= 4 is 18.3 Å². The highest BCUT2D eigenvalue weighted by Crippen LogP contribution is 2.27. The van der Waals surface area contributed by atoms with Crippen LogP contribution in [0.3, 0.4) is 0 Å². The molecule has 0 radical (unpaired) electrons. The van der Waals surface area contributed by atoms with Crippen LogP contribution in [-0.4, -0.2) is 28.8 Å². The summed E-state index contributed by atoms with van der Waals surface area (Å²) in [6.45, 7) is 8.80. The van der Waals surface area contributed by atoms with Gasteiger partial charge in [0, 0.05) is 18.9 Å². The third-order valence-corrected chi connectivity index (χ3v) is 5.07. The first-order valence-electron chi connectivity index (χ1n) is 9.00. The van der Waals surface area contributed by atoms with E-state index in [1.54, 1.807) is 6.20 Å². The van der Waals surface area contributed by atoms with Crippen molar-refractivity contribution in [1.82, 2.24) is 20.4 Å². The minimum Gasteiger partial charge on any atom is -0.350 e. The number of carbonyl (C=O) groups excluding carboxylic acids is 1. The molecule has 142 valence electrons. The third-order valence-electron chi connectivity index (χ3n) is 5.07. The Morgan fingerprint density at radius 1 is 1.23 bits per heavy atom. The Morgan fingerprint density at radius 2 is 1.88 bits per heavy atom. The van der Waals surface area contributed by atoms with Gasteiger partial charge in [0.2, 0.25) is 5.91 Å². The van der Waals surface area contributed by atoms with Crippen molar-refractivity contribution in [3.63, 3.8) is 0 Å². The fourth-order valence-corrected chi connectivity index (χ4v) is 3.39. The lowest BCUT2D eigenvalue weighted by Crippen LogP contribution is -2.54. The summed E-state index contributed by atoms with van der Waals surface area (Å²) in [6.07, 6.45) is 5.14. The molecule has 3 rings (SSSR count). The van der Waals surface area contributed by atoms with Crippen LogP contribution in [0, 0.1) is 0 Å². The molecule has 1 aliphatic heterocycles. The molecule has 1 fully saturated rings. The zero-order chi connectivity index (χ0) is 17.9. The fraction of sp³-hybridized carbons (Fsp3) is 0.500. The second-order valence-electron chi connectivity index (χ2n) is 7.86. The van der Waals surface area contributed by atoms with E-state index in [1.165, 1.54) is 5.56 Å². The molecule has 2 heterocycles. The second-order valence-corrected chi connectivity index (χ2v) is 7.86. The van der Waals surface area contributed by atoms with Gasteiger partial charge in [-0.05, 0) is 48.5 Å². The molecule has 1 saturated heterocycles. The molecule has 0 spiro atoms. The molecule has 1 amide bonds. The summed E-state index contributed by atoms with van der Waals surface area (Å²) in [5.41, 5.74) is 1.97. The first-order valence-corrected chi connectivity index (χ1v) is 9.00. The van der Waals surface area contributed by atoms with Gasteiger partial charge in [0.1, 0.15) is 5.54 Å². The lowest BCUT2D eigenvalue weighted by Gasteiger charge is -2.36. The van der Waals surface area contributed by atoms with Crippen LogP contribution in [0.1, 0.15) is 44.7 Å². The predicted octanol–water partition coefficient (Wildman–Crippen LogP) is 3.00. The van der Waals surface area contributed by atoms with Gasteiger partial charge >= 0.3 is 0 Å². The van der Waals surface area contributed by atoms with Crippen LogP contribution in [0.2, 0.25) is 0 Å². The highest BCUT2D eigenvalue weighted by molar-refractivity contribution is 5.85. The number of halogens is 1. The molecule has 1 aromatic carbocycles. The van der Waals surface area contributed by atoms with Crippen LogP contribution >= 0.6 is 12.4 Å². The van der Waals surface area contributed by atoms with E-state index in [1.807, 2.05) is 16.9 Å². The molecule has 1 aliphatic rings. The van der Waals surface area contributed by atoms with Gasteiger partial charge in [0.05, 0.1) is 0 Å². The van der Waals surface area contributed by atoms with Gasteiger partial charge in [-0.15, -0.1) is 12.4 Å². The van der Waals surface area contributed by atoms with Gasteiger partial charge in [-0.2, -0.15) is 5.10 Å². The van der Waals surface area contributed by atoms with E-state index in [0.29, 0.717) is 6.54 Å². The quantitative estimate of drug-likeness (QED) is 0.862. The third kappa shape index (κ3) is 4.27. The molecule has 0 unspecified atom stereocenters. The Bertz CT molecular complexity index is 698. The largest absolute Gasteiger partial charge is 0.350 e. The summed E-state index contributed by atoms with van der Waals surface area (Å²) in [6, 6.07) is 10.4. The Kier molecular flexibility index (Phi) is 6.48. The summed E-state index contributed by atoms with van der Waals surface area (Å²) in [4.78, 5) is 13.0. The predicted molar refractivity (Wildman–Crippen MR) is 107 cm³/mol. The fourth-order valence-electron chi connectivity index (χ4n) is 3.39. The Hall–Kier alpha value is -1.85. The number of piperidine rings is 1. The van der Waals surface area contributed by atoms with Gasteiger partial charge in [-0.1, -0.05) is 45.0 Å². The number of benzene rings is 1. The van der Waals surface area contributed by atoms with Crippen LogP contribution in [0.25, 0.3) is 0 Å². The highest BCUT2D eigenvalue weighted by Gasteiger charge is 2.41. The Morgan fingerprint density at radius 3 is 2.42 bits per heavy atom. The molecule has 0 aliphatic carbocycles. The van der Waals surface area contributed by atoms with Crippen LogP contribution in [0.5, 0.6) is 0 Å². The van der Waals surface area contributed by atoms with Gasteiger partial charge in [0.15, 0.2) is 0 Å². The van der Waals surface area contributed by atoms with E-state index in [4.69, 9.17) is 0 Å². The zero-order valence-corrected chi connectivity index (χ0v) is 16.6. The molecular formula is C20H29ClN4O. The summed E-state index contributed by atoms with van der Waals surface area (Å²) in [7, 11) is 0. The number of hydrogen-bond acceptors (Lipinski definition) is 3. The van der Waals surface area contributed by atoms with Crippen molar-refractivity contribution in [3.05, 3.63) is 53.9 Å². The monoisotopic (exact) mass is 376 g/mol. The zero-order valence-electron chi connectivity index (χ0n) is 15.8. The minimum absolute atomic E-state index is 0. The average molecular weight is 377 g/mol. The first-order chi connectivity index (χ1) is 11.9. The molecule has 2 N–H and O–H groups in total. The number of nitrogens with one attached hydrogen (secondary N) is 2. The van der Waals surface area contributed by atoms with E-state index in [-0.39, 0.29) is 23.7 Å². The second kappa shape index (κ2) is 8.23. The number of rotatable bonds is 4. The van der Waals surface area contributed by atoms with Gasteiger partial charge in [-0.25, -0.2) is 0 Å². The normalized spacial score (nSPS) is 16.6. The lowest BCUT2D eigenvalue weighted by molar-refractivity contribution is -0.132. The molecule has 26 heavy (non-hydrogen) atoms. The van der Waals surface area contributed by atoms with Crippen LogP contribution < -0.4 is 10.6 Å². The van der Waals surface area contributed by atoms with Gasteiger partial charge in [0.25, 0.3) is 0 Å². The number of hydrogen-bond donors (Lipinski definition) is 2. The smallest absolute Gasteiger partial charge is 0.248 e. The van der Waals surface area contributed by atoms with Gasteiger partial charge in [-0.3, -0.25) is 9.48 Å². The molecule has 5 nitrogen and oxygen atoms in total. The maximum Gasteiger partial charge on any atom is 0.248 e. The van der Waals surface area contributed by atoms with Crippen molar-refractivity contribution in [2.24, 2.45) is 0 Å². The number of aromatic nitrogens is 2. The standard InChI is InChI=1S/C20H28N4O.ClH/c1-19(2,3)17-7-5-16(6-8-17)15-22-18(25)20(9-12-21-13-10-20)24-14-4-11-23-24;/h4-8,11,14,21H,9-10,12-13,15H2,1-3H3,(H,22,25);1H.